The van der Waals surface area contributed by atoms with E-state index in [1.807, 2.05) is 0 Å². The van der Waals surface area contributed by atoms with Gasteiger partial charge >= 0.3 is 0 Å². The zero-order valence-corrected chi connectivity index (χ0v) is 11.1. The average molecular weight is 256 g/mol. The molecule has 1 saturated carbocycles. The molecule has 1 fully saturated rings. The lowest BCUT2D eigenvalue weighted by atomic mass is 10.0. The Labute approximate surface area is 103 Å². The van der Waals surface area contributed by atoms with E-state index in [2.05, 4.69) is 4.98 Å². The van der Waals surface area contributed by atoms with Crippen LogP contribution in [0.1, 0.15) is 38.5 Å². The number of rotatable bonds is 5. The van der Waals surface area contributed by atoms with Crippen LogP contribution in [0, 0.1) is 5.92 Å². The third-order valence-electron chi connectivity index (χ3n) is 3.50. The minimum Gasteiger partial charge on any atom is -0.322 e. The normalized spacial score (nSPS) is 17.7. The molecule has 0 amide bonds. The summed E-state index contributed by atoms with van der Waals surface area (Å²) < 4.78 is 24.7. The molecule has 5 heteroatoms. The second-order valence-electron chi connectivity index (χ2n) is 4.97. The first-order valence-corrected chi connectivity index (χ1v) is 8.18. The van der Waals surface area contributed by atoms with E-state index in [-0.39, 0.29) is 5.16 Å². The van der Waals surface area contributed by atoms with E-state index in [0.717, 1.165) is 18.9 Å². The molecular weight excluding hydrogens is 236 g/mol. The Morgan fingerprint density at radius 2 is 2.12 bits per heavy atom. The van der Waals surface area contributed by atoms with Crippen molar-refractivity contribution in [2.24, 2.45) is 5.92 Å². The number of sulfone groups is 1. The Morgan fingerprint density at radius 1 is 1.41 bits per heavy atom. The standard InChI is InChI=1S/C12H20N2O2S/c1-17(15,16)12-13-8-10-14(12)9-4-7-11-5-2-3-6-11/h8,10-11H,2-7,9H2,1H3. The zero-order valence-electron chi connectivity index (χ0n) is 10.3. The van der Waals surface area contributed by atoms with Crippen LogP contribution in [0.3, 0.4) is 0 Å². The summed E-state index contributed by atoms with van der Waals surface area (Å²) >= 11 is 0. The second-order valence-corrected chi connectivity index (χ2v) is 6.88. The van der Waals surface area contributed by atoms with Gasteiger partial charge in [-0.3, -0.25) is 0 Å². The maximum absolute atomic E-state index is 11.5. The van der Waals surface area contributed by atoms with Crippen LogP contribution in [0.5, 0.6) is 0 Å². The summed E-state index contributed by atoms with van der Waals surface area (Å²) in [5.74, 6) is 0.861. The molecule has 0 spiro atoms. The predicted molar refractivity (Wildman–Crippen MR) is 66.5 cm³/mol. The molecule has 96 valence electrons. The Morgan fingerprint density at radius 3 is 2.76 bits per heavy atom. The molecule has 0 N–H and O–H groups in total. The van der Waals surface area contributed by atoms with Gasteiger partial charge in [0.1, 0.15) is 0 Å². The van der Waals surface area contributed by atoms with Crippen molar-refractivity contribution in [2.45, 2.75) is 50.2 Å². The Balaban J connectivity index is 1.88. The van der Waals surface area contributed by atoms with E-state index < -0.39 is 9.84 Å². The Kier molecular flexibility index (Phi) is 3.86. The predicted octanol–water partition coefficient (Wildman–Crippen LogP) is 2.26. The molecule has 0 unspecified atom stereocenters. The van der Waals surface area contributed by atoms with Crippen molar-refractivity contribution >= 4 is 9.84 Å². The van der Waals surface area contributed by atoms with Gasteiger partial charge in [-0.2, -0.15) is 0 Å². The summed E-state index contributed by atoms with van der Waals surface area (Å²) in [6, 6.07) is 0. The van der Waals surface area contributed by atoms with Crippen LogP contribution in [-0.4, -0.2) is 24.2 Å². The molecule has 2 rings (SSSR count). The van der Waals surface area contributed by atoms with Gasteiger partial charge in [0.15, 0.2) is 0 Å². The van der Waals surface area contributed by atoms with Crippen molar-refractivity contribution in [3.05, 3.63) is 12.4 Å². The lowest BCUT2D eigenvalue weighted by molar-refractivity contribution is 0.447. The van der Waals surface area contributed by atoms with Crippen molar-refractivity contribution in [2.75, 3.05) is 6.26 Å². The van der Waals surface area contributed by atoms with E-state index in [1.54, 1.807) is 17.0 Å². The quantitative estimate of drug-likeness (QED) is 0.812. The molecule has 0 aromatic carbocycles. The van der Waals surface area contributed by atoms with Gasteiger partial charge in [0.25, 0.3) is 0 Å². The molecule has 1 aliphatic rings. The monoisotopic (exact) mass is 256 g/mol. The van der Waals surface area contributed by atoms with Gasteiger partial charge in [-0.25, -0.2) is 13.4 Å². The van der Waals surface area contributed by atoms with Gasteiger partial charge in [0.2, 0.25) is 15.0 Å². The molecule has 0 saturated heterocycles. The maximum Gasteiger partial charge on any atom is 0.227 e. The molecule has 0 atom stereocenters. The first-order valence-electron chi connectivity index (χ1n) is 6.28. The van der Waals surface area contributed by atoms with Crippen LogP contribution in [0.4, 0.5) is 0 Å². The Hall–Kier alpha value is -0.840. The van der Waals surface area contributed by atoms with E-state index >= 15 is 0 Å². The summed E-state index contributed by atoms with van der Waals surface area (Å²) in [6.07, 6.45) is 12.2. The zero-order chi connectivity index (χ0) is 12.3. The van der Waals surface area contributed by atoms with E-state index in [9.17, 15) is 8.42 Å². The van der Waals surface area contributed by atoms with Gasteiger partial charge in [-0.1, -0.05) is 25.7 Å². The van der Waals surface area contributed by atoms with Crippen LogP contribution in [-0.2, 0) is 16.4 Å². The molecule has 0 bridgehead atoms. The number of aromatic nitrogens is 2. The fraction of sp³-hybridized carbons (Fsp3) is 0.750. The van der Waals surface area contributed by atoms with Crippen molar-refractivity contribution < 1.29 is 8.42 Å². The van der Waals surface area contributed by atoms with Crippen LogP contribution < -0.4 is 0 Å². The van der Waals surface area contributed by atoms with Crippen LogP contribution in [0.25, 0.3) is 0 Å². The minimum atomic E-state index is -3.19. The summed E-state index contributed by atoms with van der Waals surface area (Å²) in [4.78, 5) is 3.91. The molecule has 0 aliphatic heterocycles. The highest BCUT2D eigenvalue weighted by Gasteiger charge is 2.16. The molecule has 0 radical (unpaired) electrons. The number of nitrogens with zero attached hydrogens (tertiary/aromatic N) is 2. The summed E-state index contributed by atoms with van der Waals surface area (Å²) in [5.41, 5.74) is 0. The van der Waals surface area contributed by atoms with E-state index in [0.29, 0.717) is 0 Å². The molecule has 1 aliphatic carbocycles. The smallest absolute Gasteiger partial charge is 0.227 e. The summed E-state index contributed by atoms with van der Waals surface area (Å²) in [6.45, 7) is 0.763. The number of aryl methyl sites for hydroxylation is 1. The minimum absolute atomic E-state index is 0.198. The van der Waals surface area contributed by atoms with Gasteiger partial charge in [-0.15, -0.1) is 0 Å². The van der Waals surface area contributed by atoms with Gasteiger partial charge < -0.3 is 4.57 Å². The fourth-order valence-electron chi connectivity index (χ4n) is 2.64. The average Bonchev–Trinajstić information content (AvgIpc) is 2.86. The Bertz CT molecular complexity index is 459. The van der Waals surface area contributed by atoms with E-state index in [1.165, 1.54) is 38.4 Å². The lowest BCUT2D eigenvalue weighted by Gasteiger charge is -2.10. The van der Waals surface area contributed by atoms with Crippen molar-refractivity contribution in [3.63, 3.8) is 0 Å². The third kappa shape index (κ3) is 3.31. The van der Waals surface area contributed by atoms with Gasteiger partial charge in [0, 0.05) is 25.2 Å². The molecule has 1 heterocycles. The van der Waals surface area contributed by atoms with Crippen LogP contribution in [0.15, 0.2) is 17.6 Å². The van der Waals surface area contributed by atoms with Crippen molar-refractivity contribution in [3.8, 4) is 0 Å². The highest BCUT2D eigenvalue weighted by atomic mass is 32.2. The summed E-state index contributed by atoms with van der Waals surface area (Å²) in [7, 11) is -3.19. The van der Waals surface area contributed by atoms with Crippen molar-refractivity contribution in [1.82, 2.24) is 9.55 Å². The third-order valence-corrected chi connectivity index (χ3v) is 4.50. The first-order chi connectivity index (χ1) is 8.07. The largest absolute Gasteiger partial charge is 0.322 e. The first kappa shape index (κ1) is 12.6. The number of imidazole rings is 1. The molecule has 4 nitrogen and oxygen atoms in total. The number of hydrogen-bond donors (Lipinski definition) is 0. The van der Waals surface area contributed by atoms with Crippen LogP contribution >= 0.6 is 0 Å². The maximum atomic E-state index is 11.5. The molecular formula is C12H20N2O2S. The van der Waals surface area contributed by atoms with Gasteiger partial charge in [0.05, 0.1) is 0 Å². The SMILES string of the molecule is CS(=O)(=O)c1nccn1CCCC1CCCC1. The molecule has 17 heavy (non-hydrogen) atoms. The second kappa shape index (κ2) is 5.21. The van der Waals surface area contributed by atoms with E-state index in [4.69, 9.17) is 0 Å². The number of hydrogen-bond acceptors (Lipinski definition) is 3. The lowest BCUT2D eigenvalue weighted by Crippen LogP contribution is -2.09. The van der Waals surface area contributed by atoms with Gasteiger partial charge in [-0.05, 0) is 18.8 Å². The van der Waals surface area contributed by atoms with Crippen molar-refractivity contribution in [1.29, 1.82) is 0 Å². The highest BCUT2D eigenvalue weighted by molar-refractivity contribution is 7.90. The van der Waals surface area contributed by atoms with Crippen LogP contribution in [0.2, 0.25) is 0 Å². The summed E-state index contributed by atoms with van der Waals surface area (Å²) in [5, 5.41) is 0.198. The molecule has 1 aromatic rings. The highest BCUT2D eigenvalue weighted by Crippen LogP contribution is 2.28. The molecule has 1 aromatic heterocycles. The fourth-order valence-corrected chi connectivity index (χ4v) is 3.47. The topological polar surface area (TPSA) is 52.0 Å².